The molecule has 1 N–H and O–H groups in total. The molecular formula is C21H24N2O2. The molecule has 25 heavy (non-hydrogen) atoms. The average Bonchev–Trinajstić information content (AvgIpc) is 2.88. The minimum absolute atomic E-state index is 0.0170. The fourth-order valence-electron chi connectivity index (χ4n) is 3.38. The van der Waals surface area contributed by atoms with Gasteiger partial charge in [0.1, 0.15) is 6.04 Å². The van der Waals surface area contributed by atoms with Crippen LogP contribution < -0.4 is 5.32 Å². The zero-order valence-corrected chi connectivity index (χ0v) is 15.2. The molecular weight excluding hydrogens is 312 g/mol. The highest BCUT2D eigenvalue weighted by Crippen LogP contribution is 2.28. The van der Waals surface area contributed by atoms with Crippen molar-refractivity contribution >= 4 is 17.5 Å². The van der Waals surface area contributed by atoms with E-state index in [0.717, 1.165) is 22.4 Å². The summed E-state index contributed by atoms with van der Waals surface area (Å²) in [6.45, 7) is 8.40. The van der Waals surface area contributed by atoms with Gasteiger partial charge < -0.3 is 10.2 Å². The van der Waals surface area contributed by atoms with E-state index in [4.69, 9.17) is 0 Å². The lowest BCUT2D eigenvalue weighted by Gasteiger charge is -2.30. The molecule has 2 amide bonds. The molecule has 1 unspecified atom stereocenters. The molecule has 1 aliphatic heterocycles. The number of nitrogens with zero attached hydrogens (tertiary/aromatic N) is 1. The normalized spacial score (nSPS) is 14.6. The fraction of sp³-hybridized carbons (Fsp3) is 0.333. The van der Waals surface area contributed by atoms with Crippen LogP contribution in [0.15, 0.2) is 42.5 Å². The molecule has 2 aromatic carbocycles. The van der Waals surface area contributed by atoms with E-state index < -0.39 is 6.04 Å². The molecule has 1 heterocycles. The van der Waals surface area contributed by atoms with Crippen molar-refractivity contribution in [2.45, 2.75) is 40.3 Å². The van der Waals surface area contributed by atoms with E-state index in [0.29, 0.717) is 12.1 Å². The maximum atomic E-state index is 13.0. The SMILES string of the molecule is Cc1ccc(C)c(NC(=O)C(C(C)C)N2Cc3ccccc3C2=O)c1. The fourth-order valence-corrected chi connectivity index (χ4v) is 3.38. The second kappa shape index (κ2) is 6.71. The molecule has 0 saturated heterocycles. The smallest absolute Gasteiger partial charge is 0.255 e. The first-order valence-electron chi connectivity index (χ1n) is 8.65. The van der Waals surface area contributed by atoms with Crippen LogP contribution in [-0.2, 0) is 11.3 Å². The summed E-state index contributed by atoms with van der Waals surface area (Å²) in [4.78, 5) is 27.5. The van der Waals surface area contributed by atoms with Gasteiger partial charge in [-0.1, -0.05) is 44.2 Å². The van der Waals surface area contributed by atoms with Crippen LogP contribution in [0, 0.1) is 19.8 Å². The molecule has 130 valence electrons. The van der Waals surface area contributed by atoms with Gasteiger partial charge in [0.05, 0.1) is 0 Å². The van der Waals surface area contributed by atoms with Crippen molar-refractivity contribution in [1.82, 2.24) is 4.90 Å². The molecule has 0 radical (unpaired) electrons. The maximum Gasteiger partial charge on any atom is 0.255 e. The van der Waals surface area contributed by atoms with E-state index in [2.05, 4.69) is 5.32 Å². The number of carbonyl (C=O) groups excluding carboxylic acids is 2. The molecule has 0 aromatic heterocycles. The number of hydrogen-bond acceptors (Lipinski definition) is 2. The Morgan fingerprint density at radius 2 is 1.84 bits per heavy atom. The van der Waals surface area contributed by atoms with Crippen molar-refractivity contribution in [3.05, 3.63) is 64.7 Å². The number of hydrogen-bond donors (Lipinski definition) is 1. The molecule has 1 atom stereocenters. The van der Waals surface area contributed by atoms with Crippen LogP contribution in [0.1, 0.15) is 40.9 Å². The van der Waals surface area contributed by atoms with Crippen molar-refractivity contribution in [1.29, 1.82) is 0 Å². The second-order valence-electron chi connectivity index (χ2n) is 7.09. The Balaban J connectivity index is 1.86. The molecule has 3 rings (SSSR count). The van der Waals surface area contributed by atoms with E-state index in [1.165, 1.54) is 0 Å². The predicted molar refractivity (Wildman–Crippen MR) is 99.5 cm³/mol. The van der Waals surface area contributed by atoms with E-state index in [9.17, 15) is 9.59 Å². The highest BCUT2D eigenvalue weighted by Gasteiger charge is 2.37. The van der Waals surface area contributed by atoms with E-state index in [1.54, 1.807) is 4.90 Å². The summed E-state index contributed by atoms with van der Waals surface area (Å²) in [5, 5.41) is 3.02. The Morgan fingerprint density at radius 1 is 1.12 bits per heavy atom. The van der Waals surface area contributed by atoms with Crippen molar-refractivity contribution in [3.8, 4) is 0 Å². The number of amides is 2. The van der Waals surface area contributed by atoms with Crippen LogP contribution in [0.4, 0.5) is 5.69 Å². The Labute approximate surface area is 148 Å². The predicted octanol–water partition coefficient (Wildman–Crippen LogP) is 3.92. The number of fused-ring (bicyclic) bond motifs is 1. The van der Waals surface area contributed by atoms with Gasteiger partial charge in [0.15, 0.2) is 0 Å². The summed E-state index contributed by atoms with van der Waals surface area (Å²) in [6, 6.07) is 13.0. The summed E-state index contributed by atoms with van der Waals surface area (Å²) < 4.78 is 0. The molecule has 0 bridgehead atoms. The maximum absolute atomic E-state index is 13.0. The zero-order chi connectivity index (χ0) is 18.1. The van der Waals surface area contributed by atoms with Gasteiger partial charge in [-0.2, -0.15) is 0 Å². The number of benzene rings is 2. The topological polar surface area (TPSA) is 49.4 Å². The lowest BCUT2D eigenvalue weighted by molar-refractivity contribution is -0.122. The summed E-state index contributed by atoms with van der Waals surface area (Å²) in [7, 11) is 0. The number of carbonyl (C=O) groups is 2. The zero-order valence-electron chi connectivity index (χ0n) is 15.2. The van der Waals surface area contributed by atoms with Crippen molar-refractivity contribution < 1.29 is 9.59 Å². The van der Waals surface area contributed by atoms with E-state index in [-0.39, 0.29) is 17.7 Å². The quantitative estimate of drug-likeness (QED) is 0.920. The van der Waals surface area contributed by atoms with Gasteiger partial charge in [0.2, 0.25) is 5.91 Å². The van der Waals surface area contributed by atoms with Crippen molar-refractivity contribution in [2.24, 2.45) is 5.92 Å². The average molecular weight is 336 g/mol. The van der Waals surface area contributed by atoms with Crippen LogP contribution in [-0.4, -0.2) is 22.8 Å². The number of nitrogens with one attached hydrogen (secondary N) is 1. The molecule has 0 spiro atoms. The van der Waals surface area contributed by atoms with Crippen LogP contribution in [0.2, 0.25) is 0 Å². The third kappa shape index (κ3) is 3.29. The van der Waals surface area contributed by atoms with Crippen LogP contribution >= 0.6 is 0 Å². The van der Waals surface area contributed by atoms with Gasteiger partial charge in [-0.15, -0.1) is 0 Å². The van der Waals surface area contributed by atoms with Gasteiger partial charge in [0, 0.05) is 17.8 Å². The standard InChI is InChI=1S/C21H24N2O2/c1-13(2)19(20(24)22-18-11-14(3)9-10-15(18)4)23-12-16-7-5-6-8-17(16)21(23)25/h5-11,13,19H,12H2,1-4H3,(H,22,24). The molecule has 4 heteroatoms. The minimum Gasteiger partial charge on any atom is -0.324 e. The summed E-state index contributed by atoms with van der Waals surface area (Å²) >= 11 is 0. The number of aryl methyl sites for hydroxylation is 2. The Morgan fingerprint density at radius 3 is 2.52 bits per heavy atom. The number of anilines is 1. The minimum atomic E-state index is -0.500. The Kier molecular flexibility index (Phi) is 4.62. The Bertz CT molecular complexity index is 826. The van der Waals surface area contributed by atoms with Gasteiger partial charge in [-0.3, -0.25) is 9.59 Å². The molecule has 0 aliphatic carbocycles. The van der Waals surface area contributed by atoms with Crippen molar-refractivity contribution in [3.63, 3.8) is 0 Å². The van der Waals surface area contributed by atoms with E-state index in [1.807, 2.05) is 70.2 Å². The second-order valence-corrected chi connectivity index (χ2v) is 7.09. The Hall–Kier alpha value is -2.62. The molecule has 0 fully saturated rings. The summed E-state index contributed by atoms with van der Waals surface area (Å²) in [5.74, 6) is -0.182. The highest BCUT2D eigenvalue weighted by atomic mass is 16.2. The third-order valence-electron chi connectivity index (χ3n) is 4.74. The molecule has 4 nitrogen and oxygen atoms in total. The molecule has 1 aliphatic rings. The summed E-state index contributed by atoms with van der Waals surface area (Å²) in [5.41, 5.74) is 4.59. The first-order valence-corrected chi connectivity index (χ1v) is 8.65. The van der Waals surface area contributed by atoms with Gasteiger partial charge in [0.25, 0.3) is 5.91 Å². The molecule has 2 aromatic rings. The van der Waals surface area contributed by atoms with Gasteiger partial charge in [-0.05, 0) is 48.6 Å². The monoisotopic (exact) mass is 336 g/mol. The third-order valence-corrected chi connectivity index (χ3v) is 4.74. The first kappa shape index (κ1) is 17.2. The highest BCUT2D eigenvalue weighted by molar-refractivity contribution is 6.03. The first-order chi connectivity index (χ1) is 11.9. The molecule has 0 saturated carbocycles. The van der Waals surface area contributed by atoms with Crippen LogP contribution in [0.3, 0.4) is 0 Å². The lowest BCUT2D eigenvalue weighted by atomic mass is 10.0. The van der Waals surface area contributed by atoms with Gasteiger partial charge >= 0.3 is 0 Å². The number of rotatable bonds is 4. The van der Waals surface area contributed by atoms with E-state index >= 15 is 0 Å². The van der Waals surface area contributed by atoms with Crippen molar-refractivity contribution in [2.75, 3.05) is 5.32 Å². The van der Waals surface area contributed by atoms with Crippen LogP contribution in [0.25, 0.3) is 0 Å². The lowest BCUT2D eigenvalue weighted by Crippen LogP contribution is -2.47. The van der Waals surface area contributed by atoms with Crippen LogP contribution in [0.5, 0.6) is 0 Å². The summed E-state index contributed by atoms with van der Waals surface area (Å²) in [6.07, 6.45) is 0. The van der Waals surface area contributed by atoms with Gasteiger partial charge in [-0.25, -0.2) is 0 Å². The largest absolute Gasteiger partial charge is 0.324 e.